The van der Waals surface area contributed by atoms with E-state index >= 15 is 0 Å². The number of morpholine rings is 1. The van der Waals surface area contributed by atoms with Crippen LogP contribution in [0.1, 0.15) is 6.42 Å². The van der Waals surface area contributed by atoms with Crippen LogP contribution in [0, 0.1) is 5.92 Å². The standard InChI is InChI=1S/C17H21Cl2N3O3/c18-14-2-1-13(10-15(14)19)20-17(24)12-9-16(23)22(11-12)4-3-21-5-7-25-8-6-21/h1-2,10,12H,3-9,11H2,(H,20,24). The van der Waals surface area contributed by atoms with E-state index in [0.717, 1.165) is 32.8 Å². The first kappa shape index (κ1) is 18.5. The third-order valence-electron chi connectivity index (χ3n) is 4.56. The summed E-state index contributed by atoms with van der Waals surface area (Å²) in [6.07, 6.45) is 0.246. The van der Waals surface area contributed by atoms with Crippen molar-refractivity contribution in [2.24, 2.45) is 5.92 Å². The van der Waals surface area contributed by atoms with E-state index in [4.69, 9.17) is 27.9 Å². The van der Waals surface area contributed by atoms with Gasteiger partial charge in [-0.3, -0.25) is 14.5 Å². The van der Waals surface area contributed by atoms with E-state index in [0.29, 0.717) is 28.8 Å². The number of ether oxygens (including phenoxy) is 1. The van der Waals surface area contributed by atoms with Crippen LogP contribution in [0.4, 0.5) is 5.69 Å². The Kier molecular flexibility index (Phi) is 6.17. The summed E-state index contributed by atoms with van der Waals surface area (Å²) in [5.74, 6) is -0.477. The second-order valence-electron chi connectivity index (χ2n) is 6.31. The fourth-order valence-electron chi connectivity index (χ4n) is 3.07. The summed E-state index contributed by atoms with van der Waals surface area (Å²) < 4.78 is 5.32. The number of anilines is 1. The summed E-state index contributed by atoms with van der Waals surface area (Å²) in [6, 6.07) is 4.93. The fourth-order valence-corrected chi connectivity index (χ4v) is 3.37. The third kappa shape index (κ3) is 4.85. The molecule has 136 valence electrons. The molecule has 2 heterocycles. The molecule has 2 amide bonds. The Morgan fingerprint density at radius 3 is 2.68 bits per heavy atom. The van der Waals surface area contributed by atoms with Crippen molar-refractivity contribution in [3.05, 3.63) is 28.2 Å². The molecule has 0 saturated carbocycles. The van der Waals surface area contributed by atoms with Crippen molar-refractivity contribution in [3.8, 4) is 0 Å². The van der Waals surface area contributed by atoms with Gasteiger partial charge in [0.15, 0.2) is 0 Å². The van der Waals surface area contributed by atoms with Crippen LogP contribution in [0.15, 0.2) is 18.2 Å². The average molecular weight is 386 g/mol. The number of nitrogens with one attached hydrogen (secondary N) is 1. The number of nitrogens with zero attached hydrogens (tertiary/aromatic N) is 2. The molecule has 1 unspecified atom stereocenters. The molecule has 8 heteroatoms. The minimum absolute atomic E-state index is 0.0301. The monoisotopic (exact) mass is 385 g/mol. The number of benzene rings is 1. The molecule has 6 nitrogen and oxygen atoms in total. The summed E-state index contributed by atoms with van der Waals surface area (Å²) in [6.45, 7) is 5.18. The van der Waals surface area contributed by atoms with Crippen LogP contribution in [0.5, 0.6) is 0 Å². The fraction of sp³-hybridized carbons (Fsp3) is 0.529. The summed E-state index contributed by atoms with van der Waals surface area (Å²) in [4.78, 5) is 28.6. The highest BCUT2D eigenvalue weighted by atomic mass is 35.5. The van der Waals surface area contributed by atoms with Crippen LogP contribution in [0.25, 0.3) is 0 Å². The molecule has 0 aliphatic carbocycles. The van der Waals surface area contributed by atoms with E-state index < -0.39 is 0 Å². The van der Waals surface area contributed by atoms with E-state index in [2.05, 4.69) is 10.2 Å². The topological polar surface area (TPSA) is 61.9 Å². The molecular formula is C17H21Cl2N3O3. The van der Waals surface area contributed by atoms with E-state index in [1.54, 1.807) is 23.1 Å². The predicted octanol–water partition coefficient (Wildman–Crippen LogP) is 2.11. The van der Waals surface area contributed by atoms with E-state index in [1.807, 2.05) is 0 Å². The highest BCUT2D eigenvalue weighted by molar-refractivity contribution is 6.42. The smallest absolute Gasteiger partial charge is 0.229 e. The van der Waals surface area contributed by atoms with Crippen molar-refractivity contribution in [3.63, 3.8) is 0 Å². The molecule has 1 N–H and O–H groups in total. The largest absolute Gasteiger partial charge is 0.379 e. The van der Waals surface area contributed by atoms with Crippen LogP contribution in [-0.2, 0) is 14.3 Å². The van der Waals surface area contributed by atoms with E-state index in [-0.39, 0.29) is 24.2 Å². The van der Waals surface area contributed by atoms with Gasteiger partial charge in [0.25, 0.3) is 0 Å². The third-order valence-corrected chi connectivity index (χ3v) is 5.30. The van der Waals surface area contributed by atoms with Gasteiger partial charge in [-0.1, -0.05) is 23.2 Å². The van der Waals surface area contributed by atoms with Gasteiger partial charge >= 0.3 is 0 Å². The average Bonchev–Trinajstić information content (AvgIpc) is 2.98. The molecule has 0 radical (unpaired) electrons. The molecule has 3 rings (SSSR count). The zero-order valence-corrected chi connectivity index (χ0v) is 15.4. The van der Waals surface area contributed by atoms with Gasteiger partial charge in [0, 0.05) is 44.8 Å². The maximum atomic E-state index is 12.4. The summed E-state index contributed by atoms with van der Waals surface area (Å²) in [5.41, 5.74) is 0.582. The highest BCUT2D eigenvalue weighted by Gasteiger charge is 2.34. The predicted molar refractivity (Wildman–Crippen MR) is 97.0 cm³/mol. The molecule has 0 bridgehead atoms. The van der Waals surface area contributed by atoms with Gasteiger partial charge in [-0.2, -0.15) is 0 Å². The lowest BCUT2D eigenvalue weighted by atomic mass is 10.1. The van der Waals surface area contributed by atoms with E-state index in [9.17, 15) is 9.59 Å². The summed E-state index contributed by atoms with van der Waals surface area (Å²) >= 11 is 11.8. The van der Waals surface area contributed by atoms with Gasteiger partial charge in [0.2, 0.25) is 11.8 Å². The van der Waals surface area contributed by atoms with Gasteiger partial charge < -0.3 is 15.0 Å². The Morgan fingerprint density at radius 2 is 1.96 bits per heavy atom. The number of amides is 2. The van der Waals surface area contributed by atoms with Gasteiger partial charge in [-0.05, 0) is 18.2 Å². The van der Waals surface area contributed by atoms with Crippen molar-refractivity contribution >= 4 is 40.7 Å². The first-order valence-electron chi connectivity index (χ1n) is 8.37. The Morgan fingerprint density at radius 1 is 1.20 bits per heavy atom. The second kappa shape index (κ2) is 8.36. The van der Waals surface area contributed by atoms with Crippen LogP contribution in [0.3, 0.4) is 0 Å². The lowest BCUT2D eigenvalue weighted by Crippen LogP contribution is -2.42. The second-order valence-corrected chi connectivity index (χ2v) is 7.13. The van der Waals surface area contributed by atoms with Crippen LogP contribution < -0.4 is 5.32 Å². The van der Waals surface area contributed by atoms with Crippen LogP contribution >= 0.6 is 23.2 Å². The molecule has 1 aromatic carbocycles. The molecule has 2 fully saturated rings. The molecule has 25 heavy (non-hydrogen) atoms. The minimum atomic E-state index is -0.341. The number of rotatable bonds is 5. The number of halogens is 2. The molecule has 0 spiro atoms. The van der Waals surface area contributed by atoms with E-state index in [1.165, 1.54) is 0 Å². The molecule has 0 aromatic heterocycles. The number of carbonyl (C=O) groups excluding carboxylic acids is 2. The van der Waals surface area contributed by atoms with Gasteiger partial charge in [0.1, 0.15) is 0 Å². The zero-order valence-electron chi connectivity index (χ0n) is 13.8. The normalized spacial score (nSPS) is 21.6. The van der Waals surface area contributed by atoms with Gasteiger partial charge in [0.05, 0.1) is 29.2 Å². The number of hydrogen-bond donors (Lipinski definition) is 1. The van der Waals surface area contributed by atoms with Crippen LogP contribution in [-0.4, -0.2) is 67.6 Å². The molecule has 2 aliphatic rings. The first-order chi connectivity index (χ1) is 12.0. The molecular weight excluding hydrogens is 365 g/mol. The molecule has 2 saturated heterocycles. The maximum absolute atomic E-state index is 12.4. The highest BCUT2D eigenvalue weighted by Crippen LogP contribution is 2.26. The number of carbonyl (C=O) groups is 2. The molecule has 2 aliphatic heterocycles. The maximum Gasteiger partial charge on any atom is 0.229 e. The first-order valence-corrected chi connectivity index (χ1v) is 9.12. The SMILES string of the molecule is O=C(Nc1ccc(Cl)c(Cl)c1)C1CC(=O)N(CCN2CCOCC2)C1. The Labute approximate surface area is 157 Å². The van der Waals surface area contributed by atoms with Crippen molar-refractivity contribution < 1.29 is 14.3 Å². The Bertz CT molecular complexity index is 650. The van der Waals surface area contributed by atoms with Gasteiger partial charge in [-0.15, -0.1) is 0 Å². The van der Waals surface area contributed by atoms with Crippen molar-refractivity contribution in [2.45, 2.75) is 6.42 Å². The number of likely N-dealkylation sites (tertiary alicyclic amines) is 1. The van der Waals surface area contributed by atoms with Gasteiger partial charge in [-0.25, -0.2) is 0 Å². The summed E-state index contributed by atoms with van der Waals surface area (Å²) in [5, 5.41) is 3.63. The Hall–Kier alpha value is -1.34. The summed E-state index contributed by atoms with van der Waals surface area (Å²) in [7, 11) is 0. The van der Waals surface area contributed by atoms with Crippen molar-refractivity contribution in [2.75, 3.05) is 51.3 Å². The van der Waals surface area contributed by atoms with Crippen molar-refractivity contribution in [1.29, 1.82) is 0 Å². The lowest BCUT2D eigenvalue weighted by molar-refractivity contribution is -0.128. The zero-order chi connectivity index (χ0) is 17.8. The molecule has 1 atom stereocenters. The number of hydrogen-bond acceptors (Lipinski definition) is 4. The lowest BCUT2D eigenvalue weighted by Gasteiger charge is -2.28. The Balaban J connectivity index is 1.50. The van der Waals surface area contributed by atoms with Crippen molar-refractivity contribution in [1.82, 2.24) is 9.80 Å². The minimum Gasteiger partial charge on any atom is -0.379 e. The quantitative estimate of drug-likeness (QED) is 0.842. The molecule has 1 aromatic rings. The van der Waals surface area contributed by atoms with Crippen LogP contribution in [0.2, 0.25) is 10.0 Å².